The number of hydrogen-bond donors (Lipinski definition) is 1. The molecule has 2 aromatic carbocycles. The number of aromatic nitrogens is 1. The fraction of sp³-hybridized carbons (Fsp3) is 0.188. The number of nitrogens with zero attached hydrogens (tertiary/aromatic N) is 1. The smallest absolute Gasteiger partial charge is 0.267 e. The highest BCUT2D eigenvalue weighted by atomic mass is 35.5. The van der Waals surface area contributed by atoms with Gasteiger partial charge in [-0.05, 0) is 43.3 Å². The Kier molecular flexibility index (Phi) is 5.03. The zero-order valence-corrected chi connectivity index (χ0v) is 15.8. The van der Waals surface area contributed by atoms with E-state index in [0.29, 0.717) is 22.9 Å². The van der Waals surface area contributed by atoms with E-state index in [0.717, 1.165) is 4.70 Å². The molecule has 0 aliphatic heterocycles. The summed E-state index contributed by atoms with van der Waals surface area (Å²) in [6.45, 7) is 2.45. The lowest BCUT2D eigenvalue weighted by atomic mass is 10.3. The van der Waals surface area contributed by atoms with Gasteiger partial charge in [-0.3, -0.25) is 4.72 Å². The first kappa shape index (κ1) is 17.8. The molecule has 0 spiro atoms. The Morgan fingerprint density at radius 1 is 1.24 bits per heavy atom. The van der Waals surface area contributed by atoms with Crippen molar-refractivity contribution >= 4 is 48.3 Å². The number of halogens is 1. The lowest BCUT2D eigenvalue weighted by Crippen LogP contribution is -2.13. The summed E-state index contributed by atoms with van der Waals surface area (Å²) in [7, 11) is -2.49. The number of benzene rings is 2. The van der Waals surface area contributed by atoms with Crippen LogP contribution in [0.2, 0.25) is 5.02 Å². The van der Waals surface area contributed by atoms with Crippen molar-refractivity contribution in [3.63, 3.8) is 0 Å². The normalized spacial score (nSPS) is 11.5. The van der Waals surface area contributed by atoms with Gasteiger partial charge in [-0.2, -0.15) is 0 Å². The van der Waals surface area contributed by atoms with Gasteiger partial charge in [-0.25, -0.2) is 13.4 Å². The third kappa shape index (κ3) is 3.81. The van der Waals surface area contributed by atoms with Crippen LogP contribution in [-0.4, -0.2) is 27.1 Å². The number of anilines is 1. The molecule has 0 saturated heterocycles. The molecule has 0 amide bonds. The van der Waals surface area contributed by atoms with Gasteiger partial charge in [0.15, 0.2) is 5.13 Å². The van der Waals surface area contributed by atoms with Gasteiger partial charge in [0.05, 0.1) is 23.9 Å². The molecule has 9 heteroatoms. The summed E-state index contributed by atoms with van der Waals surface area (Å²) in [5.74, 6) is 0.918. The van der Waals surface area contributed by atoms with Crippen molar-refractivity contribution in [1.82, 2.24) is 4.98 Å². The highest BCUT2D eigenvalue weighted by Crippen LogP contribution is 2.33. The van der Waals surface area contributed by atoms with Crippen LogP contribution in [0.4, 0.5) is 5.13 Å². The molecule has 0 bridgehead atoms. The molecule has 1 N–H and O–H groups in total. The van der Waals surface area contributed by atoms with Crippen molar-refractivity contribution in [2.24, 2.45) is 0 Å². The lowest BCUT2D eigenvalue weighted by molar-refractivity contribution is 0.341. The number of thiazole rings is 1. The van der Waals surface area contributed by atoms with Crippen LogP contribution in [0.25, 0.3) is 10.2 Å². The fourth-order valence-electron chi connectivity index (χ4n) is 2.24. The molecule has 25 heavy (non-hydrogen) atoms. The second kappa shape index (κ2) is 7.07. The number of ether oxygens (including phenoxy) is 2. The van der Waals surface area contributed by atoms with Crippen LogP contribution in [0.5, 0.6) is 11.5 Å². The molecule has 1 aromatic heterocycles. The third-order valence-corrected chi connectivity index (χ3v) is 5.97. The molecule has 0 fully saturated rings. The molecule has 0 atom stereocenters. The minimum absolute atomic E-state index is 0.0447. The Morgan fingerprint density at radius 3 is 2.76 bits per heavy atom. The zero-order chi connectivity index (χ0) is 18.0. The maximum absolute atomic E-state index is 12.7. The summed E-state index contributed by atoms with van der Waals surface area (Å²) in [5, 5.41) is 0.553. The Bertz CT molecular complexity index is 1020. The summed E-state index contributed by atoms with van der Waals surface area (Å²) in [4.78, 5) is 4.26. The first-order valence-corrected chi connectivity index (χ1v) is 10.0. The highest BCUT2D eigenvalue weighted by Gasteiger charge is 2.22. The molecule has 6 nitrogen and oxygen atoms in total. The van der Waals surface area contributed by atoms with Gasteiger partial charge in [0.25, 0.3) is 10.0 Å². The average Bonchev–Trinajstić information content (AvgIpc) is 2.95. The zero-order valence-electron chi connectivity index (χ0n) is 13.4. The van der Waals surface area contributed by atoms with Gasteiger partial charge in [0.1, 0.15) is 16.4 Å². The average molecular weight is 399 g/mol. The quantitative estimate of drug-likeness (QED) is 0.674. The molecule has 0 aliphatic carbocycles. The SMILES string of the molecule is CCOc1ccc2nc(NS(=O)(=O)c3cc(Cl)ccc3OC)sc2c1. The number of fused-ring (bicyclic) bond motifs is 1. The third-order valence-electron chi connectivity index (χ3n) is 3.31. The van der Waals surface area contributed by atoms with E-state index >= 15 is 0 Å². The summed E-state index contributed by atoms with van der Waals surface area (Å²) < 4.78 is 39.2. The second-order valence-corrected chi connectivity index (χ2v) is 8.10. The van der Waals surface area contributed by atoms with E-state index in [4.69, 9.17) is 21.1 Å². The maximum Gasteiger partial charge on any atom is 0.267 e. The van der Waals surface area contributed by atoms with Crippen LogP contribution >= 0.6 is 22.9 Å². The van der Waals surface area contributed by atoms with Crippen molar-refractivity contribution in [3.8, 4) is 11.5 Å². The molecule has 0 saturated carbocycles. The number of sulfonamides is 1. The molecule has 0 unspecified atom stereocenters. The van der Waals surface area contributed by atoms with E-state index in [2.05, 4.69) is 9.71 Å². The standard InChI is InChI=1S/C16H15ClN2O4S2/c1-3-23-11-5-6-12-14(9-11)24-16(18-12)19-25(20,21)15-8-10(17)4-7-13(15)22-2/h4-9H,3H2,1-2H3,(H,18,19). The van der Waals surface area contributed by atoms with Crippen molar-refractivity contribution in [2.45, 2.75) is 11.8 Å². The van der Waals surface area contributed by atoms with Gasteiger partial charge >= 0.3 is 0 Å². The highest BCUT2D eigenvalue weighted by molar-refractivity contribution is 7.93. The first-order chi connectivity index (χ1) is 11.9. The van der Waals surface area contributed by atoms with Crippen molar-refractivity contribution in [1.29, 1.82) is 0 Å². The van der Waals surface area contributed by atoms with Crippen LogP contribution in [0.1, 0.15) is 6.92 Å². The van der Waals surface area contributed by atoms with Crippen molar-refractivity contribution < 1.29 is 17.9 Å². The summed E-state index contributed by atoms with van der Waals surface area (Å²) in [6.07, 6.45) is 0. The molecular formula is C16H15ClN2O4S2. The summed E-state index contributed by atoms with van der Waals surface area (Å²) >= 11 is 7.14. The molecule has 1 heterocycles. The van der Waals surface area contributed by atoms with Crippen LogP contribution in [0, 0.1) is 0 Å². The minimum atomic E-state index is -3.89. The molecular weight excluding hydrogens is 384 g/mol. The van der Waals surface area contributed by atoms with Crippen LogP contribution in [0.15, 0.2) is 41.3 Å². The van der Waals surface area contributed by atoms with Crippen molar-refractivity contribution in [2.75, 3.05) is 18.4 Å². The number of nitrogens with one attached hydrogen (secondary N) is 1. The van der Waals surface area contributed by atoms with Crippen LogP contribution in [0.3, 0.4) is 0 Å². The molecule has 132 valence electrons. The Balaban J connectivity index is 1.95. The van der Waals surface area contributed by atoms with E-state index < -0.39 is 10.0 Å². The Labute approximate surface area is 154 Å². The van der Waals surface area contributed by atoms with Crippen LogP contribution in [-0.2, 0) is 10.0 Å². The van der Waals surface area contributed by atoms with E-state index in [1.165, 1.54) is 30.6 Å². The Hall–Kier alpha value is -2.03. The largest absolute Gasteiger partial charge is 0.495 e. The number of rotatable bonds is 6. The monoisotopic (exact) mass is 398 g/mol. The predicted octanol–water partition coefficient (Wildman–Crippen LogP) is 4.16. The first-order valence-electron chi connectivity index (χ1n) is 7.32. The number of hydrogen-bond acceptors (Lipinski definition) is 6. The number of methoxy groups -OCH3 is 1. The fourth-order valence-corrected chi connectivity index (χ4v) is 4.80. The maximum atomic E-state index is 12.7. The minimum Gasteiger partial charge on any atom is -0.495 e. The summed E-state index contributed by atoms with van der Waals surface area (Å²) in [5.41, 5.74) is 0.684. The van der Waals surface area contributed by atoms with Gasteiger partial charge in [0.2, 0.25) is 0 Å². The van der Waals surface area contributed by atoms with Gasteiger partial charge in [-0.1, -0.05) is 22.9 Å². The van der Waals surface area contributed by atoms with Crippen molar-refractivity contribution in [3.05, 3.63) is 41.4 Å². The van der Waals surface area contributed by atoms with Gasteiger partial charge in [0, 0.05) is 5.02 Å². The molecule has 0 radical (unpaired) electrons. The van der Waals surface area contributed by atoms with Gasteiger partial charge < -0.3 is 9.47 Å². The lowest BCUT2D eigenvalue weighted by Gasteiger charge is -2.10. The van der Waals surface area contributed by atoms with Crippen LogP contribution < -0.4 is 14.2 Å². The molecule has 3 rings (SSSR count). The van der Waals surface area contributed by atoms with E-state index in [1.807, 2.05) is 13.0 Å². The topological polar surface area (TPSA) is 77.5 Å². The molecule has 3 aromatic rings. The Morgan fingerprint density at radius 2 is 2.04 bits per heavy atom. The van der Waals surface area contributed by atoms with E-state index in [-0.39, 0.29) is 15.8 Å². The van der Waals surface area contributed by atoms with E-state index in [9.17, 15) is 8.42 Å². The van der Waals surface area contributed by atoms with E-state index in [1.54, 1.807) is 18.2 Å². The second-order valence-electron chi connectivity index (χ2n) is 4.98. The summed E-state index contributed by atoms with van der Waals surface area (Å²) in [6, 6.07) is 9.81. The van der Waals surface area contributed by atoms with Gasteiger partial charge in [-0.15, -0.1) is 0 Å². The predicted molar refractivity (Wildman–Crippen MR) is 99.6 cm³/mol. The molecule has 0 aliphatic rings.